The normalized spacial score (nSPS) is 13.7. The molecule has 0 spiro atoms. The fourth-order valence-electron chi connectivity index (χ4n) is 3.96. The first-order valence-electron chi connectivity index (χ1n) is 11.2. The number of thioether (sulfide) groups is 1. The fraction of sp³-hybridized carbons (Fsp3) is 0.192. The molecule has 35 heavy (non-hydrogen) atoms. The molecular weight excluding hydrogens is 483 g/mol. The van der Waals surface area contributed by atoms with Crippen LogP contribution in [0.15, 0.2) is 77.1 Å². The monoisotopic (exact) mass is 506 g/mol. The minimum atomic E-state index is -0.406. The van der Waals surface area contributed by atoms with Crippen LogP contribution >= 0.6 is 23.1 Å². The lowest BCUT2D eigenvalue weighted by atomic mass is 10.1. The van der Waals surface area contributed by atoms with Gasteiger partial charge in [0.1, 0.15) is 5.82 Å². The Bertz CT molecular complexity index is 1320. The highest BCUT2D eigenvalue weighted by Crippen LogP contribution is 2.29. The van der Waals surface area contributed by atoms with Crippen LogP contribution in [0.5, 0.6) is 0 Å². The summed E-state index contributed by atoms with van der Waals surface area (Å²) in [7, 11) is 0. The zero-order valence-electron chi connectivity index (χ0n) is 18.8. The second-order valence-electron chi connectivity index (χ2n) is 8.12. The summed E-state index contributed by atoms with van der Waals surface area (Å²) in [6, 6.07) is 21.5. The van der Waals surface area contributed by atoms with Gasteiger partial charge in [-0.1, -0.05) is 30.0 Å². The largest absolute Gasteiger partial charge is 0.368 e. The molecule has 3 aromatic carbocycles. The van der Waals surface area contributed by atoms with Crippen molar-refractivity contribution in [3.63, 3.8) is 0 Å². The van der Waals surface area contributed by atoms with Crippen molar-refractivity contribution in [3.05, 3.63) is 84.2 Å². The summed E-state index contributed by atoms with van der Waals surface area (Å²) >= 11 is 3.02. The van der Waals surface area contributed by atoms with E-state index in [1.54, 1.807) is 28.4 Å². The van der Waals surface area contributed by atoms with Crippen molar-refractivity contribution in [2.75, 3.05) is 42.1 Å². The van der Waals surface area contributed by atoms with Gasteiger partial charge in [0.2, 0.25) is 5.91 Å². The standard InChI is InChI=1S/C26H23FN4O2S2/c27-19-5-3-4-18(16-19)25(33)31-14-12-30(13-15-31)21-10-8-20(9-11-21)28-24(32)17-34-26-29-22-6-1-2-7-23(22)35-26/h1-11,16H,12-15,17H2,(H,28,32). The number of piperazine rings is 1. The lowest BCUT2D eigenvalue weighted by molar-refractivity contribution is -0.113. The molecule has 0 aliphatic carbocycles. The van der Waals surface area contributed by atoms with Crippen LogP contribution < -0.4 is 10.2 Å². The number of rotatable bonds is 6. The second-order valence-corrected chi connectivity index (χ2v) is 10.4. The molecule has 1 aliphatic heterocycles. The van der Waals surface area contributed by atoms with Gasteiger partial charge in [-0.25, -0.2) is 9.37 Å². The molecule has 0 bridgehead atoms. The summed E-state index contributed by atoms with van der Waals surface area (Å²) in [4.78, 5) is 33.5. The van der Waals surface area contributed by atoms with E-state index in [1.165, 1.54) is 23.9 Å². The number of nitrogens with zero attached hydrogens (tertiary/aromatic N) is 3. The number of hydrogen-bond donors (Lipinski definition) is 1. The van der Waals surface area contributed by atoms with Gasteiger partial charge in [-0.2, -0.15) is 0 Å². The Balaban J connectivity index is 1.11. The molecule has 178 valence electrons. The lowest BCUT2D eigenvalue weighted by Gasteiger charge is -2.36. The topological polar surface area (TPSA) is 65.5 Å². The van der Waals surface area contributed by atoms with Crippen LogP contribution in [0.25, 0.3) is 10.2 Å². The zero-order valence-corrected chi connectivity index (χ0v) is 20.4. The molecule has 1 saturated heterocycles. The number of fused-ring (bicyclic) bond motifs is 1. The molecule has 0 saturated carbocycles. The quantitative estimate of drug-likeness (QED) is 0.368. The Morgan fingerprint density at radius 3 is 2.49 bits per heavy atom. The van der Waals surface area contributed by atoms with Gasteiger partial charge in [0.25, 0.3) is 5.91 Å². The average molecular weight is 507 g/mol. The minimum absolute atomic E-state index is 0.0773. The molecule has 0 unspecified atom stereocenters. The number of thiazole rings is 1. The van der Waals surface area contributed by atoms with E-state index in [0.717, 1.165) is 25.9 Å². The Hall–Kier alpha value is -3.43. The van der Waals surface area contributed by atoms with E-state index in [9.17, 15) is 14.0 Å². The number of hydrogen-bond acceptors (Lipinski definition) is 6. The molecule has 1 N–H and O–H groups in total. The molecule has 2 amide bonds. The molecule has 9 heteroatoms. The Morgan fingerprint density at radius 2 is 1.74 bits per heavy atom. The van der Waals surface area contributed by atoms with Crippen LogP contribution in [0.4, 0.5) is 15.8 Å². The molecule has 1 aromatic heterocycles. The molecule has 6 nitrogen and oxygen atoms in total. The van der Waals surface area contributed by atoms with E-state index < -0.39 is 5.82 Å². The highest BCUT2D eigenvalue weighted by molar-refractivity contribution is 8.01. The van der Waals surface area contributed by atoms with Crippen LogP contribution in [-0.2, 0) is 4.79 Å². The van der Waals surface area contributed by atoms with E-state index in [0.29, 0.717) is 37.5 Å². The van der Waals surface area contributed by atoms with Crippen molar-refractivity contribution < 1.29 is 14.0 Å². The number of benzene rings is 3. The van der Waals surface area contributed by atoms with Gasteiger partial charge in [0.05, 0.1) is 16.0 Å². The number of aromatic nitrogens is 1. The molecule has 2 heterocycles. The summed E-state index contributed by atoms with van der Waals surface area (Å²) in [6.07, 6.45) is 0. The maximum absolute atomic E-state index is 13.4. The average Bonchev–Trinajstić information content (AvgIpc) is 3.31. The highest BCUT2D eigenvalue weighted by atomic mass is 32.2. The molecular formula is C26H23FN4O2S2. The maximum Gasteiger partial charge on any atom is 0.254 e. The van der Waals surface area contributed by atoms with E-state index >= 15 is 0 Å². The first-order chi connectivity index (χ1) is 17.0. The zero-order chi connectivity index (χ0) is 24.2. The smallest absolute Gasteiger partial charge is 0.254 e. The SMILES string of the molecule is O=C(CSc1nc2ccccc2s1)Nc1ccc(N2CCN(C(=O)c3cccc(F)c3)CC2)cc1. The van der Waals surface area contributed by atoms with Gasteiger partial charge >= 0.3 is 0 Å². The van der Waals surface area contributed by atoms with Crippen LogP contribution in [-0.4, -0.2) is 53.6 Å². The van der Waals surface area contributed by atoms with E-state index in [2.05, 4.69) is 15.2 Å². The summed E-state index contributed by atoms with van der Waals surface area (Å²) in [6.45, 7) is 2.50. The maximum atomic E-state index is 13.4. The van der Waals surface area contributed by atoms with Gasteiger partial charge in [0.15, 0.2) is 4.34 Å². The molecule has 1 fully saturated rings. The number of para-hydroxylation sites is 1. The molecule has 0 radical (unpaired) electrons. The summed E-state index contributed by atoms with van der Waals surface area (Å²) < 4.78 is 15.4. The van der Waals surface area contributed by atoms with Gasteiger partial charge in [-0.05, 0) is 54.6 Å². The van der Waals surface area contributed by atoms with Crippen molar-refractivity contribution in [1.29, 1.82) is 0 Å². The summed E-state index contributed by atoms with van der Waals surface area (Å²) in [5.41, 5.74) is 3.10. The van der Waals surface area contributed by atoms with Crippen LogP contribution in [0, 0.1) is 5.82 Å². The van der Waals surface area contributed by atoms with Crippen molar-refractivity contribution in [2.45, 2.75) is 4.34 Å². The Kier molecular flexibility index (Phi) is 6.96. The number of carbonyl (C=O) groups excluding carboxylic acids is 2. The first kappa shape index (κ1) is 23.3. The molecule has 0 atom stereocenters. The number of amides is 2. The minimum Gasteiger partial charge on any atom is -0.368 e. The predicted octanol–water partition coefficient (Wildman–Crippen LogP) is 5.13. The number of halogens is 1. The number of nitrogens with one attached hydrogen (secondary N) is 1. The van der Waals surface area contributed by atoms with Crippen LogP contribution in [0.1, 0.15) is 10.4 Å². The number of carbonyl (C=O) groups is 2. The summed E-state index contributed by atoms with van der Waals surface area (Å²) in [5, 5.41) is 2.94. The third-order valence-corrected chi connectivity index (χ3v) is 7.94. The number of anilines is 2. The Morgan fingerprint density at radius 1 is 0.971 bits per heavy atom. The molecule has 5 rings (SSSR count). The van der Waals surface area contributed by atoms with Crippen molar-refractivity contribution in [3.8, 4) is 0 Å². The van der Waals surface area contributed by atoms with Gasteiger partial charge in [-0.3, -0.25) is 9.59 Å². The Labute approximate surface area is 210 Å². The predicted molar refractivity (Wildman–Crippen MR) is 140 cm³/mol. The third-order valence-electron chi connectivity index (χ3n) is 5.76. The van der Waals surface area contributed by atoms with Crippen molar-refractivity contribution in [1.82, 2.24) is 9.88 Å². The van der Waals surface area contributed by atoms with E-state index in [4.69, 9.17) is 0 Å². The molecule has 1 aliphatic rings. The van der Waals surface area contributed by atoms with Crippen LogP contribution in [0.3, 0.4) is 0 Å². The third kappa shape index (κ3) is 5.63. The summed E-state index contributed by atoms with van der Waals surface area (Å²) in [5.74, 6) is -0.336. The fourth-order valence-corrected chi connectivity index (χ4v) is 5.83. The second kappa shape index (κ2) is 10.5. The van der Waals surface area contributed by atoms with Gasteiger partial charge in [-0.15, -0.1) is 11.3 Å². The van der Waals surface area contributed by atoms with Gasteiger partial charge in [0, 0.05) is 43.1 Å². The first-order valence-corrected chi connectivity index (χ1v) is 13.0. The lowest BCUT2D eigenvalue weighted by Crippen LogP contribution is -2.48. The highest BCUT2D eigenvalue weighted by Gasteiger charge is 2.22. The van der Waals surface area contributed by atoms with Crippen molar-refractivity contribution >= 4 is 56.5 Å². The van der Waals surface area contributed by atoms with Crippen molar-refractivity contribution in [2.24, 2.45) is 0 Å². The van der Waals surface area contributed by atoms with E-state index in [-0.39, 0.29) is 11.8 Å². The van der Waals surface area contributed by atoms with Crippen LogP contribution in [0.2, 0.25) is 0 Å². The van der Waals surface area contributed by atoms with Gasteiger partial charge < -0.3 is 15.1 Å². The van der Waals surface area contributed by atoms with E-state index in [1.807, 2.05) is 48.5 Å². The molecule has 4 aromatic rings.